The van der Waals surface area contributed by atoms with E-state index in [2.05, 4.69) is 20.1 Å². The van der Waals surface area contributed by atoms with Gasteiger partial charge in [-0.25, -0.2) is 4.98 Å². The summed E-state index contributed by atoms with van der Waals surface area (Å²) in [6, 6.07) is 11.1. The lowest BCUT2D eigenvalue weighted by Crippen LogP contribution is -2.50. The minimum Gasteiger partial charge on any atom is -0.491 e. The highest BCUT2D eigenvalue weighted by molar-refractivity contribution is 7.18. The molecule has 1 unspecified atom stereocenters. The number of amides is 1. The van der Waals surface area contributed by atoms with Crippen LogP contribution < -0.4 is 19.5 Å². The molecule has 0 spiro atoms. The molecule has 2 aliphatic heterocycles. The fourth-order valence-corrected chi connectivity index (χ4v) is 4.97. The molecule has 1 saturated heterocycles. The monoisotopic (exact) mass is 496 g/mol. The number of piperazine rings is 1. The van der Waals surface area contributed by atoms with Crippen LogP contribution in [0, 0.1) is 6.92 Å². The van der Waals surface area contributed by atoms with E-state index >= 15 is 0 Å². The van der Waals surface area contributed by atoms with Crippen LogP contribution in [-0.2, 0) is 4.79 Å². The second-order valence-corrected chi connectivity index (χ2v) is 9.86. The van der Waals surface area contributed by atoms with Gasteiger partial charge in [0.2, 0.25) is 5.91 Å². The number of carbonyl (C=O) groups excluding carboxylic acids is 1. The second-order valence-electron chi connectivity index (χ2n) is 8.62. The number of thiazole rings is 1. The van der Waals surface area contributed by atoms with E-state index in [9.17, 15) is 9.90 Å². The first-order valence-electron chi connectivity index (χ1n) is 11.6. The Morgan fingerprint density at radius 2 is 1.89 bits per heavy atom. The van der Waals surface area contributed by atoms with Crippen LogP contribution in [0.2, 0.25) is 0 Å². The smallest absolute Gasteiger partial charge is 0.238 e. The molecule has 2 aromatic carbocycles. The van der Waals surface area contributed by atoms with Crippen molar-refractivity contribution in [2.75, 3.05) is 51.2 Å². The molecule has 3 heterocycles. The first kappa shape index (κ1) is 23.6. The standard InChI is InChI=1S/C25H28N4O5S/c1-17-26-21-13-20(3-5-24(21)35-17)34-16-19(30)14-28-6-8-29(9-7-28)15-25(31)27-18-2-4-22-23(12-18)33-11-10-32-22/h2-5,10-13,19,30H,6-9,14-16H2,1H3,(H,27,31). The van der Waals surface area contributed by atoms with E-state index in [1.165, 1.54) is 12.5 Å². The van der Waals surface area contributed by atoms with Gasteiger partial charge in [0.05, 0.1) is 21.8 Å². The first-order chi connectivity index (χ1) is 17.0. The molecule has 3 aromatic rings. The number of hydrogen-bond donors (Lipinski definition) is 2. The molecule has 1 fully saturated rings. The van der Waals surface area contributed by atoms with Crippen LogP contribution in [0.15, 0.2) is 48.9 Å². The van der Waals surface area contributed by atoms with Crippen LogP contribution in [0.3, 0.4) is 0 Å². The molecule has 1 atom stereocenters. The number of aryl methyl sites for hydroxylation is 1. The average Bonchev–Trinajstić information content (AvgIpc) is 3.23. The van der Waals surface area contributed by atoms with Crippen LogP contribution in [-0.4, -0.2) is 77.8 Å². The normalized spacial score (nSPS) is 16.9. The lowest BCUT2D eigenvalue weighted by Gasteiger charge is -2.35. The molecular formula is C25H28N4O5S. The number of β-amino-alcohol motifs (C(OH)–C–C–N with tert-alkyl or cyclic N) is 1. The van der Waals surface area contributed by atoms with Crippen molar-refractivity contribution < 1.29 is 24.1 Å². The summed E-state index contributed by atoms with van der Waals surface area (Å²) in [5.41, 5.74) is 1.59. The third-order valence-electron chi connectivity index (χ3n) is 5.88. The summed E-state index contributed by atoms with van der Waals surface area (Å²) >= 11 is 1.65. The number of ether oxygens (including phenoxy) is 3. The van der Waals surface area contributed by atoms with Gasteiger partial charge in [0, 0.05) is 50.5 Å². The fraction of sp³-hybridized carbons (Fsp3) is 0.360. The van der Waals surface area contributed by atoms with E-state index in [0.717, 1.165) is 41.4 Å². The Balaban J connectivity index is 1.02. The van der Waals surface area contributed by atoms with Crippen LogP contribution in [0.4, 0.5) is 5.69 Å². The first-order valence-corrected chi connectivity index (χ1v) is 12.4. The van der Waals surface area contributed by atoms with Crippen molar-refractivity contribution in [1.29, 1.82) is 0 Å². The molecule has 1 amide bonds. The topological polar surface area (TPSA) is 96.4 Å². The lowest BCUT2D eigenvalue weighted by molar-refractivity contribution is -0.117. The van der Waals surface area contributed by atoms with Crippen LogP contribution >= 0.6 is 11.3 Å². The summed E-state index contributed by atoms with van der Waals surface area (Å²) in [5.74, 6) is 1.82. The Morgan fingerprint density at radius 3 is 2.71 bits per heavy atom. The van der Waals surface area contributed by atoms with Gasteiger partial charge in [0.25, 0.3) is 0 Å². The summed E-state index contributed by atoms with van der Waals surface area (Å²) in [6.07, 6.45) is 2.33. The molecule has 2 aliphatic rings. The third-order valence-corrected chi connectivity index (χ3v) is 6.83. The fourth-order valence-electron chi connectivity index (χ4n) is 4.17. The van der Waals surface area contributed by atoms with Gasteiger partial charge in [-0.15, -0.1) is 11.3 Å². The maximum Gasteiger partial charge on any atom is 0.238 e. The molecule has 5 rings (SSSR count). The summed E-state index contributed by atoms with van der Waals surface area (Å²) in [4.78, 5) is 21.3. The molecule has 184 valence electrons. The number of benzene rings is 2. The highest BCUT2D eigenvalue weighted by Crippen LogP contribution is 2.33. The number of hydrogen-bond acceptors (Lipinski definition) is 9. The quantitative estimate of drug-likeness (QED) is 0.492. The Labute approximate surface area is 207 Å². The average molecular weight is 497 g/mol. The Bertz CT molecular complexity index is 1220. The van der Waals surface area contributed by atoms with Gasteiger partial charge in [-0.2, -0.15) is 0 Å². The van der Waals surface area contributed by atoms with Crippen LogP contribution in [0.5, 0.6) is 17.2 Å². The number of nitrogens with one attached hydrogen (secondary N) is 1. The zero-order valence-corrected chi connectivity index (χ0v) is 20.3. The van der Waals surface area contributed by atoms with Gasteiger partial charge in [-0.1, -0.05) is 0 Å². The molecule has 10 heteroatoms. The van der Waals surface area contributed by atoms with E-state index < -0.39 is 6.10 Å². The van der Waals surface area contributed by atoms with Gasteiger partial charge < -0.3 is 24.6 Å². The number of fused-ring (bicyclic) bond motifs is 2. The highest BCUT2D eigenvalue weighted by atomic mass is 32.1. The van der Waals surface area contributed by atoms with Gasteiger partial charge in [0.1, 0.15) is 31.0 Å². The molecule has 9 nitrogen and oxygen atoms in total. The number of aliphatic hydroxyl groups excluding tert-OH is 1. The Kier molecular flexibility index (Phi) is 7.14. The van der Waals surface area contributed by atoms with E-state index in [1.54, 1.807) is 29.5 Å². The number of carbonyl (C=O) groups is 1. The summed E-state index contributed by atoms with van der Waals surface area (Å²) < 4.78 is 17.7. The largest absolute Gasteiger partial charge is 0.491 e. The number of aliphatic hydroxyl groups is 1. The van der Waals surface area contributed by atoms with E-state index in [1.807, 2.05) is 25.1 Å². The van der Waals surface area contributed by atoms with Crippen LogP contribution in [0.25, 0.3) is 10.2 Å². The lowest BCUT2D eigenvalue weighted by atomic mass is 10.2. The second kappa shape index (κ2) is 10.6. The zero-order valence-electron chi connectivity index (χ0n) is 19.5. The summed E-state index contributed by atoms with van der Waals surface area (Å²) in [6.45, 7) is 6.13. The van der Waals surface area contributed by atoms with E-state index in [-0.39, 0.29) is 12.5 Å². The Hall–Kier alpha value is -3.18. The van der Waals surface area contributed by atoms with Crippen molar-refractivity contribution >= 4 is 33.1 Å². The van der Waals surface area contributed by atoms with Crippen molar-refractivity contribution in [2.45, 2.75) is 13.0 Å². The molecule has 0 bridgehead atoms. The maximum atomic E-state index is 12.5. The summed E-state index contributed by atoms with van der Waals surface area (Å²) in [5, 5.41) is 14.4. The predicted octanol–water partition coefficient (Wildman–Crippen LogP) is 2.84. The van der Waals surface area contributed by atoms with Gasteiger partial charge in [-0.05, 0) is 31.2 Å². The predicted molar refractivity (Wildman–Crippen MR) is 134 cm³/mol. The molecule has 35 heavy (non-hydrogen) atoms. The molecular weight excluding hydrogens is 468 g/mol. The van der Waals surface area contributed by atoms with Gasteiger partial charge >= 0.3 is 0 Å². The van der Waals surface area contributed by atoms with Crippen LogP contribution in [0.1, 0.15) is 5.01 Å². The molecule has 2 N–H and O–H groups in total. The molecule has 1 aromatic heterocycles. The number of nitrogens with zero attached hydrogens (tertiary/aromatic N) is 3. The molecule has 0 radical (unpaired) electrons. The van der Waals surface area contributed by atoms with E-state index in [4.69, 9.17) is 14.2 Å². The number of rotatable bonds is 8. The van der Waals surface area contributed by atoms with Crippen molar-refractivity contribution in [3.8, 4) is 17.2 Å². The summed E-state index contributed by atoms with van der Waals surface area (Å²) in [7, 11) is 0. The van der Waals surface area contributed by atoms with Gasteiger partial charge in [-0.3, -0.25) is 14.6 Å². The zero-order chi connectivity index (χ0) is 24.2. The van der Waals surface area contributed by atoms with Crippen molar-refractivity contribution in [3.63, 3.8) is 0 Å². The van der Waals surface area contributed by atoms with E-state index in [0.29, 0.717) is 36.0 Å². The maximum absolute atomic E-state index is 12.5. The highest BCUT2D eigenvalue weighted by Gasteiger charge is 2.21. The molecule has 0 aliphatic carbocycles. The Morgan fingerprint density at radius 1 is 1.11 bits per heavy atom. The van der Waals surface area contributed by atoms with Crippen molar-refractivity contribution in [2.24, 2.45) is 0 Å². The number of anilines is 1. The van der Waals surface area contributed by atoms with Crippen molar-refractivity contribution in [1.82, 2.24) is 14.8 Å². The van der Waals surface area contributed by atoms with Gasteiger partial charge in [0.15, 0.2) is 11.5 Å². The third kappa shape index (κ3) is 6.09. The number of aromatic nitrogens is 1. The minimum absolute atomic E-state index is 0.0774. The molecule has 0 saturated carbocycles. The van der Waals surface area contributed by atoms with Crippen molar-refractivity contribution in [3.05, 3.63) is 53.9 Å². The minimum atomic E-state index is -0.595. The SMILES string of the molecule is Cc1nc2cc(OCC(O)CN3CCN(CC(=O)Nc4ccc5c(c4)OC=CO5)CC3)ccc2s1.